The van der Waals surface area contributed by atoms with E-state index in [1.165, 1.54) is 6.21 Å². The van der Waals surface area contributed by atoms with Crippen LogP contribution in [0, 0.1) is 5.41 Å². The van der Waals surface area contributed by atoms with Crippen LogP contribution in [0.1, 0.15) is 12.5 Å². The number of nitrogen functional groups attached to an aromatic ring is 1. The van der Waals surface area contributed by atoms with E-state index >= 15 is 0 Å². The summed E-state index contributed by atoms with van der Waals surface area (Å²) in [7, 11) is 1.57. The topological polar surface area (TPSA) is 71.1 Å². The van der Waals surface area contributed by atoms with E-state index in [4.69, 9.17) is 15.9 Å². The molecule has 0 amide bonds. The summed E-state index contributed by atoms with van der Waals surface area (Å²) < 4.78 is 5.18. The number of nitrogens with one attached hydrogen (secondary N) is 2. The molecule has 0 aromatic heterocycles. The Kier molecular flexibility index (Phi) is 3.34. The maximum Gasteiger partial charge on any atom is 0.165 e. The van der Waals surface area contributed by atoms with E-state index in [-0.39, 0.29) is 0 Å². The minimum absolute atomic E-state index is 0.578. The molecule has 0 saturated carbocycles. The lowest BCUT2D eigenvalue weighted by Gasteiger charge is -2.14. The van der Waals surface area contributed by atoms with Crippen molar-refractivity contribution in [3.63, 3.8) is 0 Å². The van der Waals surface area contributed by atoms with Gasteiger partial charge in [0, 0.05) is 18.3 Å². The number of methoxy groups -OCH3 is 1. The van der Waals surface area contributed by atoms with Gasteiger partial charge in [0.25, 0.3) is 0 Å². The van der Waals surface area contributed by atoms with Crippen molar-refractivity contribution in [2.24, 2.45) is 0 Å². The number of anilines is 2. The zero-order valence-electron chi connectivity index (χ0n) is 8.42. The van der Waals surface area contributed by atoms with Gasteiger partial charge in [-0.05, 0) is 19.1 Å². The number of hydrogen-bond acceptors (Lipinski definition) is 4. The molecular formula is C10H15N3O. The summed E-state index contributed by atoms with van der Waals surface area (Å²) in [5.74, 6) is 0.604. The van der Waals surface area contributed by atoms with Gasteiger partial charge in [-0.25, -0.2) is 0 Å². The number of nitrogens with two attached hydrogens (primary N) is 1. The fraction of sp³-hybridized carbons (Fsp3) is 0.300. The van der Waals surface area contributed by atoms with E-state index in [0.29, 0.717) is 11.4 Å². The molecule has 0 heterocycles. The van der Waals surface area contributed by atoms with Gasteiger partial charge in [-0.15, -0.1) is 0 Å². The van der Waals surface area contributed by atoms with E-state index < -0.39 is 0 Å². The van der Waals surface area contributed by atoms with Crippen molar-refractivity contribution in [3.05, 3.63) is 17.7 Å². The van der Waals surface area contributed by atoms with Gasteiger partial charge in [-0.3, -0.25) is 0 Å². The maximum absolute atomic E-state index is 7.24. The van der Waals surface area contributed by atoms with Gasteiger partial charge in [0.15, 0.2) is 5.75 Å². The number of benzene rings is 1. The fourth-order valence-corrected chi connectivity index (χ4v) is 1.31. The maximum atomic E-state index is 7.24. The molecule has 0 atom stereocenters. The Bertz CT molecular complexity index is 336. The van der Waals surface area contributed by atoms with Crippen LogP contribution in [0.15, 0.2) is 12.1 Å². The molecule has 0 spiro atoms. The minimum Gasteiger partial charge on any atom is -0.492 e. The summed E-state index contributed by atoms with van der Waals surface area (Å²) in [6.07, 6.45) is 1.28. The third kappa shape index (κ3) is 1.79. The van der Waals surface area contributed by atoms with Crippen LogP contribution in [0.25, 0.3) is 0 Å². The van der Waals surface area contributed by atoms with E-state index in [9.17, 15) is 0 Å². The third-order valence-electron chi connectivity index (χ3n) is 1.93. The second-order valence-corrected chi connectivity index (χ2v) is 2.83. The van der Waals surface area contributed by atoms with E-state index in [1.807, 2.05) is 6.92 Å². The van der Waals surface area contributed by atoms with Gasteiger partial charge in [-0.2, -0.15) is 0 Å². The van der Waals surface area contributed by atoms with Crippen LogP contribution in [0.5, 0.6) is 5.75 Å². The highest BCUT2D eigenvalue weighted by Gasteiger charge is 2.09. The first-order valence-corrected chi connectivity index (χ1v) is 4.45. The normalized spacial score (nSPS) is 9.57. The lowest BCUT2D eigenvalue weighted by Crippen LogP contribution is -2.05. The lowest BCUT2D eigenvalue weighted by atomic mass is 10.1. The third-order valence-corrected chi connectivity index (χ3v) is 1.93. The zero-order valence-corrected chi connectivity index (χ0v) is 8.42. The van der Waals surface area contributed by atoms with Crippen molar-refractivity contribution in [2.45, 2.75) is 6.92 Å². The molecule has 0 aliphatic rings. The molecule has 0 saturated heterocycles. The molecule has 0 radical (unpaired) electrons. The monoisotopic (exact) mass is 193 g/mol. The summed E-state index contributed by atoms with van der Waals surface area (Å²) in [6, 6.07) is 3.53. The van der Waals surface area contributed by atoms with Crippen LogP contribution in [0.2, 0.25) is 0 Å². The smallest absolute Gasteiger partial charge is 0.165 e. The van der Waals surface area contributed by atoms with E-state index in [1.54, 1.807) is 19.2 Å². The molecule has 1 rings (SSSR count). The van der Waals surface area contributed by atoms with Crippen LogP contribution in [0.3, 0.4) is 0 Å². The molecule has 0 bridgehead atoms. The molecule has 1 aromatic rings. The molecule has 4 nitrogen and oxygen atoms in total. The van der Waals surface area contributed by atoms with Crippen LogP contribution in [0.4, 0.5) is 11.4 Å². The Morgan fingerprint density at radius 1 is 1.57 bits per heavy atom. The molecule has 1 aromatic carbocycles. The predicted octanol–water partition coefficient (Wildman–Crippen LogP) is 1.71. The Hall–Kier alpha value is -1.71. The highest BCUT2D eigenvalue weighted by molar-refractivity contribution is 5.91. The van der Waals surface area contributed by atoms with Gasteiger partial charge in [0.1, 0.15) is 0 Å². The number of ether oxygens (including phenoxy) is 1. The fourth-order valence-electron chi connectivity index (χ4n) is 1.31. The van der Waals surface area contributed by atoms with Crippen LogP contribution >= 0.6 is 0 Å². The zero-order chi connectivity index (χ0) is 10.6. The molecule has 14 heavy (non-hydrogen) atoms. The highest BCUT2D eigenvalue weighted by atomic mass is 16.5. The van der Waals surface area contributed by atoms with Crippen molar-refractivity contribution in [3.8, 4) is 5.75 Å². The van der Waals surface area contributed by atoms with Gasteiger partial charge >= 0.3 is 0 Å². The SMILES string of the molecule is CCNc1c(C=N)ccc(N)c1OC. The van der Waals surface area contributed by atoms with E-state index in [2.05, 4.69) is 5.32 Å². The second kappa shape index (κ2) is 4.50. The van der Waals surface area contributed by atoms with Gasteiger partial charge in [-0.1, -0.05) is 0 Å². The summed E-state index contributed by atoms with van der Waals surface area (Å²) in [6.45, 7) is 2.75. The molecule has 0 aliphatic carbocycles. The molecule has 76 valence electrons. The standard InChI is InChI=1S/C10H15N3O/c1-3-13-9-7(6-11)4-5-8(12)10(9)14-2/h4-6,11,13H,3,12H2,1-2H3. The summed E-state index contributed by atoms with van der Waals surface area (Å²) in [4.78, 5) is 0. The number of rotatable bonds is 4. The first-order valence-electron chi connectivity index (χ1n) is 4.45. The average Bonchev–Trinajstić information content (AvgIpc) is 2.19. The molecule has 0 aliphatic heterocycles. The van der Waals surface area contributed by atoms with Gasteiger partial charge in [0.2, 0.25) is 0 Å². The van der Waals surface area contributed by atoms with Crippen molar-refractivity contribution >= 4 is 17.6 Å². The Morgan fingerprint density at radius 2 is 2.29 bits per heavy atom. The molecule has 0 unspecified atom stereocenters. The first kappa shape index (κ1) is 10.4. The van der Waals surface area contributed by atoms with Crippen molar-refractivity contribution in [1.29, 1.82) is 5.41 Å². The molecule has 4 heteroatoms. The minimum atomic E-state index is 0.578. The van der Waals surface area contributed by atoms with Crippen molar-refractivity contribution in [2.75, 3.05) is 24.7 Å². The van der Waals surface area contributed by atoms with Crippen molar-refractivity contribution < 1.29 is 4.74 Å². The van der Waals surface area contributed by atoms with Gasteiger partial charge in [0.05, 0.1) is 18.5 Å². The average molecular weight is 193 g/mol. The van der Waals surface area contributed by atoms with Gasteiger partial charge < -0.3 is 21.2 Å². The second-order valence-electron chi connectivity index (χ2n) is 2.83. The highest BCUT2D eigenvalue weighted by Crippen LogP contribution is 2.33. The number of hydrogen-bond donors (Lipinski definition) is 3. The van der Waals surface area contributed by atoms with Crippen LogP contribution in [-0.2, 0) is 0 Å². The summed E-state index contributed by atoms with van der Waals surface area (Å²) in [5.41, 5.74) is 7.88. The molecule has 4 N–H and O–H groups in total. The lowest BCUT2D eigenvalue weighted by molar-refractivity contribution is 0.418. The summed E-state index contributed by atoms with van der Waals surface area (Å²) in [5, 5.41) is 10.4. The van der Waals surface area contributed by atoms with Crippen molar-refractivity contribution in [1.82, 2.24) is 0 Å². The predicted molar refractivity (Wildman–Crippen MR) is 59.5 cm³/mol. The first-order chi connectivity index (χ1) is 6.74. The Morgan fingerprint density at radius 3 is 2.79 bits per heavy atom. The molecular weight excluding hydrogens is 178 g/mol. The van der Waals surface area contributed by atoms with Crippen LogP contribution < -0.4 is 15.8 Å². The van der Waals surface area contributed by atoms with Crippen LogP contribution in [-0.4, -0.2) is 19.9 Å². The largest absolute Gasteiger partial charge is 0.492 e. The Labute approximate surface area is 83.6 Å². The quantitative estimate of drug-likeness (QED) is 0.503. The molecule has 0 fully saturated rings. The Balaban J connectivity index is 3.27. The van der Waals surface area contributed by atoms with E-state index in [0.717, 1.165) is 17.8 Å². The summed E-state index contributed by atoms with van der Waals surface area (Å²) >= 11 is 0.